The molecule has 6 heteroatoms. The number of hydrogen-bond donors (Lipinski definition) is 3. The van der Waals surface area contributed by atoms with E-state index in [9.17, 15) is 15.0 Å². The minimum absolute atomic E-state index is 0.0225. The molecule has 3 N–H and O–H groups in total. The Labute approximate surface area is 176 Å². The van der Waals surface area contributed by atoms with E-state index in [0.717, 1.165) is 10.9 Å². The summed E-state index contributed by atoms with van der Waals surface area (Å²) in [5, 5.41) is 21.4. The van der Waals surface area contributed by atoms with Crippen LogP contribution in [0.2, 0.25) is 5.02 Å². The summed E-state index contributed by atoms with van der Waals surface area (Å²) in [5.74, 6) is 0.227. The largest absolute Gasteiger partial charge is 0.507 e. The molecule has 2 heterocycles. The number of benzene rings is 3. The van der Waals surface area contributed by atoms with Gasteiger partial charge in [0.2, 0.25) is 0 Å². The summed E-state index contributed by atoms with van der Waals surface area (Å²) in [4.78, 5) is 18.0. The molecule has 5 nitrogen and oxygen atoms in total. The third-order valence-electron chi connectivity index (χ3n) is 4.57. The zero-order chi connectivity index (χ0) is 21.1. The molecule has 30 heavy (non-hydrogen) atoms. The molecule has 0 aliphatic rings. The molecule has 0 aliphatic heterocycles. The molecular formula is C24H17ClN2O3. The lowest BCUT2D eigenvalue weighted by molar-refractivity contribution is 0.477. The number of fused-ring (bicyclic) bond motifs is 2. The van der Waals surface area contributed by atoms with Gasteiger partial charge in [0.25, 0.3) is 5.56 Å². The van der Waals surface area contributed by atoms with Crippen LogP contribution in [-0.2, 0) is 0 Å². The molecule has 5 aromatic rings. The van der Waals surface area contributed by atoms with E-state index in [4.69, 9.17) is 11.6 Å². The fraction of sp³-hybridized carbons (Fsp3) is 0. The number of phenolic OH excluding ortho intramolecular Hbond substituents is 1. The average Bonchev–Trinajstić information content (AvgIpc) is 2.74. The molecular weight excluding hydrogens is 400 g/mol. The Bertz CT molecular complexity index is 1410. The van der Waals surface area contributed by atoms with Crippen molar-refractivity contribution < 1.29 is 10.2 Å². The van der Waals surface area contributed by atoms with Crippen molar-refractivity contribution in [2.24, 2.45) is 0 Å². The van der Waals surface area contributed by atoms with E-state index in [1.54, 1.807) is 42.5 Å². The van der Waals surface area contributed by atoms with E-state index in [-0.39, 0.29) is 17.1 Å². The van der Waals surface area contributed by atoms with Gasteiger partial charge in [-0.15, -0.1) is 0 Å². The van der Waals surface area contributed by atoms with Crippen molar-refractivity contribution in [2.45, 2.75) is 0 Å². The van der Waals surface area contributed by atoms with Crippen LogP contribution in [0.15, 0.2) is 89.7 Å². The summed E-state index contributed by atoms with van der Waals surface area (Å²) in [6.07, 6.45) is 0. The van der Waals surface area contributed by atoms with Crippen LogP contribution in [0.5, 0.6) is 11.5 Å². The Morgan fingerprint density at radius 1 is 0.767 bits per heavy atom. The monoisotopic (exact) mass is 416 g/mol. The lowest BCUT2D eigenvalue weighted by Crippen LogP contribution is -2.02. The quantitative estimate of drug-likeness (QED) is 0.337. The van der Waals surface area contributed by atoms with Crippen LogP contribution in [-0.4, -0.2) is 20.2 Å². The van der Waals surface area contributed by atoms with Crippen LogP contribution >= 0.6 is 11.6 Å². The van der Waals surface area contributed by atoms with Gasteiger partial charge in [0, 0.05) is 22.4 Å². The van der Waals surface area contributed by atoms with Crippen molar-refractivity contribution in [1.82, 2.24) is 9.97 Å². The van der Waals surface area contributed by atoms with E-state index >= 15 is 0 Å². The number of pyridine rings is 2. The maximum Gasteiger partial charge on any atom is 0.252 e. The van der Waals surface area contributed by atoms with Gasteiger partial charge < -0.3 is 15.2 Å². The van der Waals surface area contributed by atoms with Crippen LogP contribution in [0.25, 0.3) is 33.1 Å². The number of hydrogen-bond acceptors (Lipinski definition) is 4. The summed E-state index contributed by atoms with van der Waals surface area (Å²) >= 11 is 6.24. The van der Waals surface area contributed by atoms with E-state index < -0.39 is 0 Å². The molecule has 0 fully saturated rings. The predicted molar refractivity (Wildman–Crippen MR) is 120 cm³/mol. The fourth-order valence-corrected chi connectivity index (χ4v) is 3.41. The molecule has 148 valence electrons. The van der Waals surface area contributed by atoms with Crippen molar-refractivity contribution in [2.75, 3.05) is 0 Å². The summed E-state index contributed by atoms with van der Waals surface area (Å²) in [7, 11) is 0. The number of aromatic amines is 1. The smallest absolute Gasteiger partial charge is 0.252 e. The Hall–Kier alpha value is -3.83. The van der Waals surface area contributed by atoms with Gasteiger partial charge in [-0.2, -0.15) is 0 Å². The van der Waals surface area contributed by atoms with E-state index in [2.05, 4.69) is 9.97 Å². The second-order valence-electron chi connectivity index (χ2n) is 6.59. The number of halogens is 1. The van der Waals surface area contributed by atoms with Gasteiger partial charge in [0.15, 0.2) is 0 Å². The molecule has 0 atom stereocenters. The van der Waals surface area contributed by atoms with Crippen LogP contribution < -0.4 is 5.56 Å². The van der Waals surface area contributed by atoms with Crippen LogP contribution in [0.4, 0.5) is 0 Å². The van der Waals surface area contributed by atoms with E-state index in [1.807, 2.05) is 36.4 Å². The number of phenols is 1. The lowest BCUT2D eigenvalue weighted by Gasteiger charge is -2.06. The third-order valence-corrected chi connectivity index (χ3v) is 4.89. The van der Waals surface area contributed by atoms with Crippen molar-refractivity contribution in [3.63, 3.8) is 0 Å². The van der Waals surface area contributed by atoms with Crippen molar-refractivity contribution in [3.05, 3.63) is 100 Å². The highest BCUT2D eigenvalue weighted by Gasteiger charge is 2.08. The topological polar surface area (TPSA) is 86.2 Å². The zero-order valence-corrected chi connectivity index (χ0v) is 16.5. The number of H-pyrrole nitrogens is 1. The normalized spacial score (nSPS) is 10.6. The van der Waals surface area contributed by atoms with Gasteiger partial charge in [-0.1, -0.05) is 54.1 Å². The minimum Gasteiger partial charge on any atom is -0.507 e. The molecule has 3 aromatic carbocycles. The average molecular weight is 417 g/mol. The number of nitrogens with one attached hydrogen (secondary N) is 1. The highest BCUT2D eigenvalue weighted by molar-refractivity contribution is 6.35. The molecule has 0 saturated carbocycles. The van der Waals surface area contributed by atoms with Crippen LogP contribution in [0.3, 0.4) is 0 Å². The number of aromatic hydroxyl groups is 2. The summed E-state index contributed by atoms with van der Waals surface area (Å²) in [6.45, 7) is 0. The summed E-state index contributed by atoms with van der Waals surface area (Å²) in [5.41, 5.74) is 2.55. The van der Waals surface area contributed by atoms with Crippen molar-refractivity contribution in [1.29, 1.82) is 0 Å². The standard InChI is InChI=1S/C15H10ClNO.C9H7NO2/c16-12-9-14(11-6-2-4-8-15(11)18)17-13-7-3-1-5-10(12)13;11-8-5-9(12)10-7-4-2-1-3-6(7)8/h1-9,18H;1-5H,(H2,10,11,12). The SMILES string of the molecule is O=c1cc(O)c2ccccc2[nH]1.Oc1ccccc1-c1cc(Cl)c2ccccc2n1. The molecule has 0 amide bonds. The highest BCUT2D eigenvalue weighted by atomic mass is 35.5. The first-order valence-electron chi connectivity index (χ1n) is 9.17. The first kappa shape index (κ1) is 19.5. The second kappa shape index (κ2) is 8.27. The molecule has 2 aromatic heterocycles. The van der Waals surface area contributed by atoms with Crippen molar-refractivity contribution >= 4 is 33.4 Å². The number of nitrogens with zero attached hydrogens (tertiary/aromatic N) is 1. The molecule has 0 aliphatic carbocycles. The zero-order valence-electron chi connectivity index (χ0n) is 15.7. The Kier molecular flexibility index (Phi) is 5.37. The van der Waals surface area contributed by atoms with Gasteiger partial charge in [-0.25, -0.2) is 4.98 Å². The van der Waals surface area contributed by atoms with Gasteiger partial charge in [0.05, 0.1) is 21.7 Å². The van der Waals surface area contributed by atoms with Gasteiger partial charge >= 0.3 is 0 Å². The molecule has 0 radical (unpaired) electrons. The minimum atomic E-state index is -0.286. The highest BCUT2D eigenvalue weighted by Crippen LogP contribution is 2.32. The first-order chi connectivity index (χ1) is 14.5. The number of aromatic nitrogens is 2. The summed E-state index contributed by atoms with van der Waals surface area (Å²) in [6, 6.07) is 24.8. The van der Waals surface area contributed by atoms with Crippen molar-refractivity contribution in [3.8, 4) is 22.8 Å². The Balaban J connectivity index is 0.000000158. The maximum absolute atomic E-state index is 10.9. The Morgan fingerprint density at radius 2 is 1.43 bits per heavy atom. The van der Waals surface area contributed by atoms with Gasteiger partial charge in [-0.05, 0) is 36.4 Å². The van der Waals surface area contributed by atoms with Gasteiger partial charge in [-0.3, -0.25) is 4.79 Å². The summed E-state index contributed by atoms with van der Waals surface area (Å²) < 4.78 is 0. The lowest BCUT2D eigenvalue weighted by atomic mass is 10.1. The molecule has 5 rings (SSSR count). The first-order valence-corrected chi connectivity index (χ1v) is 9.55. The third kappa shape index (κ3) is 3.97. The van der Waals surface area contributed by atoms with Crippen LogP contribution in [0.1, 0.15) is 0 Å². The van der Waals surface area contributed by atoms with Gasteiger partial charge in [0.1, 0.15) is 11.5 Å². The molecule has 0 saturated heterocycles. The van der Waals surface area contributed by atoms with E-state index in [1.165, 1.54) is 6.07 Å². The van der Waals surface area contributed by atoms with E-state index in [0.29, 0.717) is 27.2 Å². The second-order valence-corrected chi connectivity index (χ2v) is 7.00. The molecule has 0 bridgehead atoms. The molecule has 0 unspecified atom stereocenters. The maximum atomic E-state index is 10.9. The number of rotatable bonds is 1. The predicted octanol–water partition coefficient (Wildman–Crippen LogP) is 5.49. The van der Waals surface area contributed by atoms with Crippen LogP contribution in [0, 0.1) is 0 Å². The Morgan fingerprint density at radius 3 is 2.23 bits per heavy atom. The fourth-order valence-electron chi connectivity index (χ4n) is 3.15. The molecule has 0 spiro atoms. The number of para-hydroxylation sites is 3.